The maximum atomic E-state index is 12.0. The molecule has 1 aliphatic heterocycles. The fourth-order valence-corrected chi connectivity index (χ4v) is 1.97. The Morgan fingerprint density at radius 1 is 1.40 bits per heavy atom. The summed E-state index contributed by atoms with van der Waals surface area (Å²) in [5.41, 5.74) is 0. The van der Waals surface area contributed by atoms with Crippen LogP contribution in [-0.2, 0) is 0 Å². The number of likely N-dealkylation sites (tertiary alicyclic amines) is 1. The van der Waals surface area contributed by atoms with Gasteiger partial charge in [0.1, 0.15) is 6.33 Å². The summed E-state index contributed by atoms with van der Waals surface area (Å²) in [5.74, 6) is 1.31. The minimum Gasteiger partial charge on any atom is -0.324 e. The molecule has 1 fully saturated rings. The Labute approximate surface area is 89.9 Å². The molecule has 1 aromatic heterocycles. The number of imidazole rings is 1. The van der Waals surface area contributed by atoms with Crippen molar-refractivity contribution in [2.75, 3.05) is 13.1 Å². The Kier molecular flexibility index (Phi) is 2.75. The van der Waals surface area contributed by atoms with Gasteiger partial charge in [-0.15, -0.1) is 0 Å². The molecule has 2 heterocycles. The lowest BCUT2D eigenvalue weighted by Gasteiger charge is -2.35. The highest BCUT2D eigenvalue weighted by Gasteiger charge is 2.26. The molecule has 0 aliphatic carbocycles. The van der Waals surface area contributed by atoms with Crippen molar-refractivity contribution >= 4 is 6.03 Å². The van der Waals surface area contributed by atoms with Gasteiger partial charge in [0.15, 0.2) is 0 Å². The molecule has 2 rings (SSSR count). The topological polar surface area (TPSA) is 38.1 Å². The minimum atomic E-state index is 0.0475. The van der Waals surface area contributed by atoms with Crippen LogP contribution in [0.4, 0.5) is 4.79 Å². The lowest BCUT2D eigenvalue weighted by molar-refractivity contribution is 0.145. The van der Waals surface area contributed by atoms with Crippen molar-refractivity contribution in [3.8, 4) is 0 Å². The number of piperidine rings is 1. The average molecular weight is 207 g/mol. The van der Waals surface area contributed by atoms with E-state index < -0.39 is 0 Å². The SMILES string of the molecule is CC1CCN(C(=O)n2ccnc2)CC1C. The Hall–Kier alpha value is -1.32. The van der Waals surface area contributed by atoms with Crippen LogP contribution in [0.3, 0.4) is 0 Å². The van der Waals surface area contributed by atoms with Gasteiger partial charge in [0.05, 0.1) is 0 Å². The summed E-state index contributed by atoms with van der Waals surface area (Å²) in [7, 11) is 0. The largest absolute Gasteiger partial charge is 0.329 e. The van der Waals surface area contributed by atoms with E-state index in [2.05, 4.69) is 18.8 Å². The molecule has 4 heteroatoms. The molecular formula is C11H17N3O. The lowest BCUT2D eigenvalue weighted by atomic mass is 9.89. The average Bonchev–Trinajstić information content (AvgIpc) is 2.74. The summed E-state index contributed by atoms with van der Waals surface area (Å²) in [5, 5.41) is 0. The van der Waals surface area contributed by atoms with E-state index in [0.29, 0.717) is 5.92 Å². The second-order valence-corrected chi connectivity index (χ2v) is 4.44. The Morgan fingerprint density at radius 2 is 2.20 bits per heavy atom. The number of carbonyl (C=O) groups is 1. The van der Waals surface area contributed by atoms with Gasteiger partial charge in [-0.05, 0) is 18.3 Å². The third kappa shape index (κ3) is 2.03. The van der Waals surface area contributed by atoms with Gasteiger partial charge in [0, 0.05) is 25.5 Å². The van der Waals surface area contributed by atoms with Crippen molar-refractivity contribution in [2.45, 2.75) is 20.3 Å². The molecule has 0 spiro atoms. The Balaban J connectivity index is 2.03. The van der Waals surface area contributed by atoms with E-state index in [1.807, 2.05) is 4.90 Å². The van der Waals surface area contributed by atoms with Gasteiger partial charge < -0.3 is 4.90 Å². The molecule has 0 saturated carbocycles. The second kappa shape index (κ2) is 4.04. The zero-order valence-electron chi connectivity index (χ0n) is 9.26. The van der Waals surface area contributed by atoms with Crippen molar-refractivity contribution in [2.24, 2.45) is 11.8 Å². The van der Waals surface area contributed by atoms with E-state index in [4.69, 9.17) is 0 Å². The van der Waals surface area contributed by atoms with Gasteiger partial charge >= 0.3 is 6.03 Å². The molecule has 1 aliphatic rings. The van der Waals surface area contributed by atoms with Crippen molar-refractivity contribution in [3.05, 3.63) is 18.7 Å². The minimum absolute atomic E-state index is 0.0475. The maximum Gasteiger partial charge on any atom is 0.329 e. The third-order valence-corrected chi connectivity index (χ3v) is 3.33. The predicted molar refractivity (Wildman–Crippen MR) is 57.5 cm³/mol. The first-order valence-corrected chi connectivity index (χ1v) is 5.45. The van der Waals surface area contributed by atoms with Crippen LogP contribution in [0.5, 0.6) is 0 Å². The molecule has 0 aromatic carbocycles. The standard InChI is InChI=1S/C11H17N3O/c1-9-3-5-13(7-10(9)2)11(15)14-6-4-12-8-14/h4,6,8-10H,3,5,7H2,1-2H3. The third-order valence-electron chi connectivity index (χ3n) is 3.33. The van der Waals surface area contributed by atoms with E-state index >= 15 is 0 Å². The first-order valence-electron chi connectivity index (χ1n) is 5.45. The molecule has 2 atom stereocenters. The van der Waals surface area contributed by atoms with Crippen LogP contribution in [0.15, 0.2) is 18.7 Å². The number of carbonyl (C=O) groups excluding carboxylic acids is 1. The van der Waals surface area contributed by atoms with Gasteiger partial charge in [-0.2, -0.15) is 0 Å². The number of nitrogens with zero attached hydrogens (tertiary/aromatic N) is 3. The summed E-state index contributed by atoms with van der Waals surface area (Å²) < 4.78 is 1.54. The van der Waals surface area contributed by atoms with Crippen LogP contribution in [-0.4, -0.2) is 33.6 Å². The highest BCUT2D eigenvalue weighted by atomic mass is 16.2. The number of rotatable bonds is 0. The van der Waals surface area contributed by atoms with E-state index in [1.54, 1.807) is 23.3 Å². The smallest absolute Gasteiger partial charge is 0.324 e. The summed E-state index contributed by atoms with van der Waals surface area (Å²) in [4.78, 5) is 17.8. The van der Waals surface area contributed by atoms with Crippen LogP contribution >= 0.6 is 0 Å². The van der Waals surface area contributed by atoms with Crippen LogP contribution in [0.1, 0.15) is 20.3 Å². The lowest BCUT2D eigenvalue weighted by Crippen LogP contribution is -2.43. The van der Waals surface area contributed by atoms with Crippen LogP contribution in [0, 0.1) is 11.8 Å². The number of amides is 1. The highest BCUT2D eigenvalue weighted by molar-refractivity contribution is 5.76. The quantitative estimate of drug-likeness (QED) is 0.651. The summed E-state index contributed by atoms with van der Waals surface area (Å²) >= 11 is 0. The van der Waals surface area contributed by atoms with E-state index in [1.165, 1.54) is 0 Å². The predicted octanol–water partition coefficient (Wildman–Crippen LogP) is 1.83. The van der Waals surface area contributed by atoms with Gasteiger partial charge in [-0.3, -0.25) is 4.57 Å². The molecule has 1 aromatic rings. The highest BCUT2D eigenvalue weighted by Crippen LogP contribution is 2.22. The summed E-state index contributed by atoms with van der Waals surface area (Å²) in [6.45, 7) is 6.18. The normalized spacial score (nSPS) is 26.7. The molecule has 2 unspecified atom stereocenters. The van der Waals surface area contributed by atoms with Crippen LogP contribution in [0.25, 0.3) is 0 Å². The van der Waals surface area contributed by atoms with Gasteiger partial charge in [0.2, 0.25) is 0 Å². The molecule has 0 N–H and O–H groups in total. The van der Waals surface area contributed by atoms with Gasteiger partial charge in [-0.25, -0.2) is 9.78 Å². The number of hydrogen-bond donors (Lipinski definition) is 0. The fraction of sp³-hybridized carbons (Fsp3) is 0.636. The summed E-state index contributed by atoms with van der Waals surface area (Å²) in [6.07, 6.45) is 5.99. The Morgan fingerprint density at radius 3 is 2.80 bits per heavy atom. The number of aromatic nitrogens is 2. The van der Waals surface area contributed by atoms with Gasteiger partial charge in [-0.1, -0.05) is 13.8 Å². The van der Waals surface area contributed by atoms with Crippen molar-refractivity contribution in [3.63, 3.8) is 0 Å². The molecule has 0 bridgehead atoms. The van der Waals surface area contributed by atoms with Gasteiger partial charge in [0.25, 0.3) is 0 Å². The summed E-state index contributed by atoms with van der Waals surface area (Å²) in [6, 6.07) is 0.0475. The number of hydrogen-bond acceptors (Lipinski definition) is 2. The molecule has 0 radical (unpaired) electrons. The maximum absolute atomic E-state index is 12.0. The van der Waals surface area contributed by atoms with E-state index in [0.717, 1.165) is 25.4 Å². The van der Waals surface area contributed by atoms with Crippen LogP contribution < -0.4 is 0 Å². The monoisotopic (exact) mass is 207 g/mol. The molecule has 1 saturated heterocycles. The Bertz CT molecular complexity index is 334. The molecule has 1 amide bonds. The van der Waals surface area contributed by atoms with Crippen LogP contribution in [0.2, 0.25) is 0 Å². The zero-order valence-corrected chi connectivity index (χ0v) is 9.26. The first-order chi connectivity index (χ1) is 7.18. The molecular weight excluding hydrogens is 190 g/mol. The van der Waals surface area contributed by atoms with Crippen molar-refractivity contribution in [1.29, 1.82) is 0 Å². The molecule has 82 valence electrons. The van der Waals surface area contributed by atoms with E-state index in [-0.39, 0.29) is 6.03 Å². The van der Waals surface area contributed by atoms with Crippen molar-refractivity contribution in [1.82, 2.24) is 14.5 Å². The fourth-order valence-electron chi connectivity index (χ4n) is 1.97. The zero-order chi connectivity index (χ0) is 10.8. The molecule has 4 nitrogen and oxygen atoms in total. The first kappa shape index (κ1) is 10.2. The second-order valence-electron chi connectivity index (χ2n) is 4.44. The molecule has 15 heavy (non-hydrogen) atoms. The van der Waals surface area contributed by atoms with Crippen molar-refractivity contribution < 1.29 is 4.79 Å². The van der Waals surface area contributed by atoms with E-state index in [9.17, 15) is 4.79 Å².